The molecule has 1 N–H and O–H groups in total. The third-order valence-electron chi connectivity index (χ3n) is 3.25. The topological polar surface area (TPSA) is 64.1 Å². The zero-order valence-electron chi connectivity index (χ0n) is 13.4. The fourth-order valence-corrected chi connectivity index (χ4v) is 3.54. The lowest BCUT2D eigenvalue weighted by Gasteiger charge is -2.03. The van der Waals surface area contributed by atoms with Gasteiger partial charge in [0.25, 0.3) is 5.91 Å². The molecule has 0 bridgehead atoms. The van der Waals surface area contributed by atoms with Crippen molar-refractivity contribution in [2.75, 3.05) is 6.61 Å². The molecule has 0 aliphatic heterocycles. The molecule has 7 heteroatoms. The number of aryl methyl sites for hydroxylation is 1. The average molecular weight is 359 g/mol. The molecule has 0 saturated heterocycles. The van der Waals surface area contributed by atoms with Crippen LogP contribution in [0.1, 0.15) is 28.1 Å². The maximum atomic E-state index is 12.2. The summed E-state index contributed by atoms with van der Waals surface area (Å²) in [6.45, 7) is 4.95. The number of amides is 1. The summed E-state index contributed by atoms with van der Waals surface area (Å²) in [5.41, 5.74) is 2.27. The largest absolute Gasteiger partial charge is 0.494 e. The Morgan fingerprint density at radius 3 is 2.62 bits per heavy atom. The number of carbonyl (C=O) groups is 1. The van der Waals surface area contributed by atoms with E-state index in [2.05, 4.69) is 15.3 Å². The van der Waals surface area contributed by atoms with Crippen molar-refractivity contribution in [3.05, 3.63) is 51.4 Å². The van der Waals surface area contributed by atoms with Crippen molar-refractivity contribution in [1.82, 2.24) is 15.3 Å². The first-order chi connectivity index (χ1) is 11.7. The van der Waals surface area contributed by atoms with Gasteiger partial charge in [-0.3, -0.25) is 4.79 Å². The molecule has 0 atom stereocenters. The van der Waals surface area contributed by atoms with E-state index in [-0.39, 0.29) is 5.91 Å². The number of thiazole rings is 2. The highest BCUT2D eigenvalue weighted by Gasteiger charge is 2.12. The van der Waals surface area contributed by atoms with Crippen LogP contribution >= 0.6 is 22.7 Å². The molecule has 0 unspecified atom stereocenters. The molecule has 2 aromatic heterocycles. The van der Waals surface area contributed by atoms with Gasteiger partial charge in [0.15, 0.2) is 0 Å². The highest BCUT2D eigenvalue weighted by molar-refractivity contribution is 7.13. The average Bonchev–Trinajstić information content (AvgIpc) is 3.23. The monoisotopic (exact) mass is 359 g/mol. The summed E-state index contributed by atoms with van der Waals surface area (Å²) in [5, 5.41) is 8.37. The van der Waals surface area contributed by atoms with E-state index in [9.17, 15) is 4.79 Å². The first kappa shape index (κ1) is 16.6. The minimum absolute atomic E-state index is 0.186. The third-order valence-corrected chi connectivity index (χ3v) is 4.96. The van der Waals surface area contributed by atoms with Gasteiger partial charge in [0.05, 0.1) is 23.9 Å². The Labute approximate surface area is 148 Å². The molecule has 0 radical (unpaired) electrons. The molecular weight excluding hydrogens is 342 g/mol. The fraction of sp³-hybridized carbons (Fsp3) is 0.235. The number of nitrogens with one attached hydrogen (secondary N) is 1. The van der Waals surface area contributed by atoms with E-state index in [4.69, 9.17) is 4.74 Å². The van der Waals surface area contributed by atoms with Gasteiger partial charge in [-0.05, 0) is 38.1 Å². The maximum absolute atomic E-state index is 12.2. The molecule has 0 aliphatic rings. The minimum Gasteiger partial charge on any atom is -0.494 e. The van der Waals surface area contributed by atoms with Crippen LogP contribution in [-0.2, 0) is 6.54 Å². The molecule has 0 spiro atoms. The van der Waals surface area contributed by atoms with Gasteiger partial charge in [-0.15, -0.1) is 22.7 Å². The zero-order chi connectivity index (χ0) is 16.9. The number of carbonyl (C=O) groups excluding carboxylic acids is 1. The number of hydrogen-bond acceptors (Lipinski definition) is 6. The third kappa shape index (κ3) is 3.98. The SMILES string of the molecule is CCOc1ccc(-c2nc(C(=O)NCc3csc(C)n3)cs2)cc1. The number of ether oxygens (including phenoxy) is 1. The van der Waals surface area contributed by atoms with Crippen LogP contribution in [0.15, 0.2) is 35.0 Å². The minimum atomic E-state index is -0.186. The molecule has 0 fully saturated rings. The Hall–Kier alpha value is -2.25. The van der Waals surface area contributed by atoms with Crippen LogP contribution in [0.5, 0.6) is 5.75 Å². The zero-order valence-corrected chi connectivity index (χ0v) is 15.0. The van der Waals surface area contributed by atoms with E-state index < -0.39 is 0 Å². The quantitative estimate of drug-likeness (QED) is 0.725. The fourth-order valence-electron chi connectivity index (χ4n) is 2.12. The van der Waals surface area contributed by atoms with Gasteiger partial charge in [0.1, 0.15) is 16.5 Å². The number of nitrogens with zero attached hydrogens (tertiary/aromatic N) is 2. The molecule has 2 heterocycles. The van der Waals surface area contributed by atoms with Crippen molar-refractivity contribution in [3.63, 3.8) is 0 Å². The van der Waals surface area contributed by atoms with Gasteiger partial charge < -0.3 is 10.1 Å². The molecule has 124 valence electrons. The van der Waals surface area contributed by atoms with Crippen molar-refractivity contribution in [1.29, 1.82) is 0 Å². The first-order valence-corrected chi connectivity index (χ1v) is 9.29. The van der Waals surface area contributed by atoms with Gasteiger partial charge >= 0.3 is 0 Å². The van der Waals surface area contributed by atoms with Gasteiger partial charge in [0.2, 0.25) is 0 Å². The number of aromatic nitrogens is 2. The molecule has 3 aromatic rings. The Kier molecular flexibility index (Phi) is 5.22. The number of benzene rings is 1. The van der Waals surface area contributed by atoms with E-state index >= 15 is 0 Å². The lowest BCUT2D eigenvalue weighted by molar-refractivity contribution is 0.0946. The van der Waals surface area contributed by atoms with Crippen LogP contribution in [0.25, 0.3) is 10.6 Å². The van der Waals surface area contributed by atoms with E-state index in [1.807, 2.05) is 43.5 Å². The van der Waals surface area contributed by atoms with Crippen molar-refractivity contribution in [2.24, 2.45) is 0 Å². The molecule has 24 heavy (non-hydrogen) atoms. The lowest BCUT2D eigenvalue weighted by atomic mass is 10.2. The molecular formula is C17H17N3O2S2. The van der Waals surface area contributed by atoms with E-state index in [0.717, 1.165) is 27.0 Å². The Bertz CT molecular complexity index is 824. The standard InChI is InChI=1S/C17H17N3O2S2/c1-3-22-14-6-4-12(5-7-14)17-20-15(10-24-17)16(21)18-8-13-9-23-11(2)19-13/h4-7,9-10H,3,8H2,1-2H3,(H,18,21). The number of hydrogen-bond donors (Lipinski definition) is 1. The predicted octanol–water partition coefficient (Wildman–Crippen LogP) is 3.90. The van der Waals surface area contributed by atoms with Crippen LogP contribution in [0, 0.1) is 6.92 Å². The number of rotatable bonds is 6. The summed E-state index contributed by atoms with van der Waals surface area (Å²) in [7, 11) is 0. The van der Waals surface area contributed by atoms with Crippen LogP contribution in [0.2, 0.25) is 0 Å². The van der Waals surface area contributed by atoms with Crippen LogP contribution in [0.3, 0.4) is 0 Å². The van der Waals surface area contributed by atoms with E-state index in [1.165, 1.54) is 11.3 Å². The predicted molar refractivity (Wildman–Crippen MR) is 96.7 cm³/mol. The van der Waals surface area contributed by atoms with Crippen LogP contribution in [0.4, 0.5) is 0 Å². The van der Waals surface area contributed by atoms with Gasteiger partial charge in [-0.25, -0.2) is 9.97 Å². The maximum Gasteiger partial charge on any atom is 0.271 e. The smallest absolute Gasteiger partial charge is 0.271 e. The van der Waals surface area contributed by atoms with Crippen LogP contribution in [-0.4, -0.2) is 22.5 Å². The van der Waals surface area contributed by atoms with Gasteiger partial charge in [0, 0.05) is 16.3 Å². The van der Waals surface area contributed by atoms with Crippen molar-refractivity contribution >= 4 is 28.6 Å². The lowest BCUT2D eigenvalue weighted by Crippen LogP contribution is -2.23. The molecule has 5 nitrogen and oxygen atoms in total. The van der Waals surface area contributed by atoms with Gasteiger partial charge in [-0.1, -0.05) is 0 Å². The summed E-state index contributed by atoms with van der Waals surface area (Å²) in [6, 6.07) is 7.71. The normalized spacial score (nSPS) is 10.6. The summed E-state index contributed by atoms with van der Waals surface area (Å²) in [5.74, 6) is 0.642. The van der Waals surface area contributed by atoms with Crippen molar-refractivity contribution in [2.45, 2.75) is 20.4 Å². The summed E-state index contributed by atoms with van der Waals surface area (Å²) in [4.78, 5) is 20.9. The summed E-state index contributed by atoms with van der Waals surface area (Å²) < 4.78 is 5.43. The molecule has 1 aromatic carbocycles. The Balaban J connectivity index is 1.64. The van der Waals surface area contributed by atoms with Crippen LogP contribution < -0.4 is 10.1 Å². The second kappa shape index (κ2) is 7.55. The highest BCUT2D eigenvalue weighted by Crippen LogP contribution is 2.25. The second-order valence-electron chi connectivity index (χ2n) is 5.04. The van der Waals surface area contributed by atoms with Crippen molar-refractivity contribution in [3.8, 4) is 16.3 Å². The Morgan fingerprint density at radius 2 is 1.96 bits per heavy atom. The van der Waals surface area contributed by atoms with E-state index in [1.54, 1.807) is 16.7 Å². The first-order valence-electron chi connectivity index (χ1n) is 7.53. The molecule has 1 amide bonds. The molecule has 0 aliphatic carbocycles. The second-order valence-corrected chi connectivity index (χ2v) is 6.96. The van der Waals surface area contributed by atoms with Gasteiger partial charge in [-0.2, -0.15) is 0 Å². The molecule has 3 rings (SSSR count). The summed E-state index contributed by atoms with van der Waals surface area (Å²) >= 11 is 3.02. The van der Waals surface area contributed by atoms with E-state index in [0.29, 0.717) is 18.8 Å². The molecule has 0 saturated carbocycles. The van der Waals surface area contributed by atoms with Crippen molar-refractivity contribution < 1.29 is 9.53 Å². The summed E-state index contributed by atoms with van der Waals surface area (Å²) in [6.07, 6.45) is 0. The highest BCUT2D eigenvalue weighted by atomic mass is 32.1. The Morgan fingerprint density at radius 1 is 1.17 bits per heavy atom.